The van der Waals surface area contributed by atoms with Crippen molar-refractivity contribution in [1.82, 2.24) is 20.5 Å². The van der Waals surface area contributed by atoms with Gasteiger partial charge in [0.25, 0.3) is 0 Å². The molecule has 1 aliphatic heterocycles. The predicted molar refractivity (Wildman–Crippen MR) is 146 cm³/mol. The van der Waals surface area contributed by atoms with Gasteiger partial charge < -0.3 is 25.2 Å². The molecule has 0 bridgehead atoms. The number of para-hydroxylation sites is 1. The number of nitrogens with one attached hydrogen (secondary N) is 2. The van der Waals surface area contributed by atoms with Crippen LogP contribution in [0.15, 0.2) is 47.6 Å². The second kappa shape index (κ2) is 13.0. The lowest BCUT2D eigenvalue weighted by atomic mass is 10.2. The van der Waals surface area contributed by atoms with Crippen molar-refractivity contribution in [2.45, 2.75) is 32.9 Å². The summed E-state index contributed by atoms with van der Waals surface area (Å²) in [7, 11) is 1.79. The second-order valence-electron chi connectivity index (χ2n) is 8.59. The number of benzene rings is 1. The molecule has 1 saturated carbocycles. The molecule has 8 heteroatoms. The van der Waals surface area contributed by atoms with E-state index in [-0.39, 0.29) is 24.0 Å². The normalized spacial score (nSPS) is 16.8. The summed E-state index contributed by atoms with van der Waals surface area (Å²) in [6.07, 6.45) is 4.55. The van der Waals surface area contributed by atoms with E-state index in [9.17, 15) is 0 Å². The van der Waals surface area contributed by atoms with Crippen LogP contribution in [0, 0.1) is 5.92 Å². The summed E-state index contributed by atoms with van der Waals surface area (Å²) >= 11 is 0. The van der Waals surface area contributed by atoms with E-state index < -0.39 is 0 Å². The average Bonchev–Trinajstić information content (AvgIpc) is 3.68. The summed E-state index contributed by atoms with van der Waals surface area (Å²) in [6.45, 7) is 9.82. The van der Waals surface area contributed by atoms with Crippen molar-refractivity contribution in [3.05, 3.63) is 53.7 Å². The molecule has 4 rings (SSSR count). The first-order chi connectivity index (χ1) is 15.7. The Morgan fingerprint density at radius 3 is 2.48 bits per heavy atom. The fourth-order valence-electron chi connectivity index (χ4n) is 3.87. The van der Waals surface area contributed by atoms with Crippen LogP contribution in [0.1, 0.15) is 30.9 Å². The highest BCUT2D eigenvalue weighted by Gasteiger charge is 2.22. The fraction of sp³-hybridized carbons (Fsp3) is 0.520. The lowest BCUT2D eigenvalue weighted by Crippen LogP contribution is -2.46. The van der Waals surface area contributed by atoms with Gasteiger partial charge >= 0.3 is 0 Å². The smallest absolute Gasteiger partial charge is 0.191 e. The Morgan fingerprint density at radius 1 is 1.06 bits per heavy atom. The Morgan fingerprint density at radius 2 is 1.82 bits per heavy atom. The largest absolute Gasteiger partial charge is 0.493 e. The quantitative estimate of drug-likeness (QED) is 0.276. The van der Waals surface area contributed by atoms with Gasteiger partial charge in [0.1, 0.15) is 11.6 Å². The number of rotatable bonds is 9. The van der Waals surface area contributed by atoms with E-state index in [1.807, 2.05) is 24.4 Å². The topological polar surface area (TPSA) is 65.0 Å². The van der Waals surface area contributed by atoms with Crippen molar-refractivity contribution in [3.8, 4) is 5.75 Å². The highest BCUT2D eigenvalue weighted by molar-refractivity contribution is 14.0. The van der Waals surface area contributed by atoms with Gasteiger partial charge in [0.2, 0.25) is 0 Å². The third-order valence-electron chi connectivity index (χ3n) is 6.23. The van der Waals surface area contributed by atoms with Crippen molar-refractivity contribution >= 4 is 35.8 Å². The molecule has 1 aromatic heterocycles. The van der Waals surface area contributed by atoms with Crippen LogP contribution in [0.2, 0.25) is 0 Å². The third kappa shape index (κ3) is 7.74. The maximum absolute atomic E-state index is 6.01. The zero-order valence-corrected chi connectivity index (χ0v) is 22.1. The first kappa shape index (κ1) is 25.6. The molecular formula is C25H37IN6O. The van der Waals surface area contributed by atoms with E-state index in [2.05, 4.69) is 50.5 Å². The summed E-state index contributed by atoms with van der Waals surface area (Å²) in [5.41, 5.74) is 2.28. The standard InChI is InChI=1S/C25H36N6O.HI/c1-3-30-12-14-31(15-13-30)24-11-10-21(16-27-24)17-28-25(26-2)29-18-22-6-4-5-7-23(22)32-19-20-8-9-20;/h4-7,10-11,16,20H,3,8-9,12-15,17-19H2,1-2H3,(H2,26,28,29);1H. The van der Waals surface area contributed by atoms with Crippen LogP contribution < -0.4 is 20.3 Å². The maximum Gasteiger partial charge on any atom is 0.191 e. The highest BCUT2D eigenvalue weighted by Crippen LogP contribution is 2.30. The maximum atomic E-state index is 6.01. The van der Waals surface area contributed by atoms with Crippen LogP contribution in [-0.2, 0) is 13.1 Å². The molecule has 0 unspecified atom stereocenters. The zero-order chi connectivity index (χ0) is 22.2. The van der Waals surface area contributed by atoms with Gasteiger partial charge in [0.15, 0.2) is 5.96 Å². The molecule has 0 spiro atoms. The van der Waals surface area contributed by atoms with Crippen LogP contribution in [0.4, 0.5) is 5.82 Å². The molecule has 1 aliphatic carbocycles. The minimum Gasteiger partial charge on any atom is -0.493 e. The van der Waals surface area contributed by atoms with Gasteiger partial charge in [0, 0.05) is 58.1 Å². The number of pyridine rings is 1. The Labute approximate surface area is 215 Å². The van der Waals surface area contributed by atoms with E-state index in [1.54, 1.807) is 7.05 Å². The summed E-state index contributed by atoms with van der Waals surface area (Å²) in [5, 5.41) is 6.78. The number of nitrogens with zero attached hydrogens (tertiary/aromatic N) is 4. The van der Waals surface area contributed by atoms with Gasteiger partial charge in [-0.15, -0.1) is 24.0 Å². The van der Waals surface area contributed by atoms with Crippen LogP contribution >= 0.6 is 24.0 Å². The first-order valence-electron chi connectivity index (χ1n) is 11.8. The van der Waals surface area contributed by atoms with Crippen LogP contribution in [0.5, 0.6) is 5.75 Å². The predicted octanol–water partition coefficient (Wildman–Crippen LogP) is 3.50. The van der Waals surface area contributed by atoms with Gasteiger partial charge in [-0.3, -0.25) is 4.99 Å². The van der Waals surface area contributed by atoms with Crippen LogP contribution in [0.25, 0.3) is 0 Å². The summed E-state index contributed by atoms with van der Waals surface area (Å²) in [6, 6.07) is 12.5. The number of aliphatic imine (C=N–C) groups is 1. The highest BCUT2D eigenvalue weighted by atomic mass is 127. The first-order valence-corrected chi connectivity index (χ1v) is 11.8. The molecule has 0 amide bonds. The summed E-state index contributed by atoms with van der Waals surface area (Å²) in [4.78, 5) is 13.9. The third-order valence-corrected chi connectivity index (χ3v) is 6.23. The molecule has 1 saturated heterocycles. The SMILES string of the molecule is CCN1CCN(c2ccc(CNC(=NC)NCc3ccccc3OCC3CC3)cn2)CC1.I. The Balaban J connectivity index is 0.00000306. The van der Waals surface area contributed by atoms with Gasteiger partial charge in [-0.1, -0.05) is 31.2 Å². The number of halogens is 1. The van der Waals surface area contributed by atoms with Crippen molar-refractivity contribution in [1.29, 1.82) is 0 Å². The fourth-order valence-corrected chi connectivity index (χ4v) is 3.87. The van der Waals surface area contributed by atoms with Crippen molar-refractivity contribution in [2.24, 2.45) is 10.9 Å². The van der Waals surface area contributed by atoms with Gasteiger partial charge in [-0.25, -0.2) is 4.98 Å². The number of guanidine groups is 1. The molecule has 1 aromatic carbocycles. The van der Waals surface area contributed by atoms with E-state index >= 15 is 0 Å². The summed E-state index contributed by atoms with van der Waals surface area (Å²) < 4.78 is 6.01. The number of hydrogen-bond donors (Lipinski definition) is 2. The molecule has 7 nitrogen and oxygen atoms in total. The molecular weight excluding hydrogens is 527 g/mol. The Bertz CT molecular complexity index is 879. The number of aromatic nitrogens is 1. The molecule has 2 aliphatic rings. The number of ether oxygens (including phenoxy) is 1. The minimum atomic E-state index is 0. The number of piperazine rings is 1. The molecule has 33 heavy (non-hydrogen) atoms. The van der Waals surface area contributed by atoms with E-state index in [4.69, 9.17) is 9.72 Å². The lowest BCUT2D eigenvalue weighted by Gasteiger charge is -2.34. The monoisotopic (exact) mass is 564 g/mol. The van der Waals surface area contributed by atoms with E-state index in [0.717, 1.165) is 73.9 Å². The minimum absolute atomic E-state index is 0. The van der Waals surface area contributed by atoms with Gasteiger partial charge in [0.05, 0.1) is 6.61 Å². The number of likely N-dealkylation sites (N-methyl/N-ethyl adjacent to an activating group) is 1. The second-order valence-corrected chi connectivity index (χ2v) is 8.59. The zero-order valence-electron chi connectivity index (χ0n) is 19.8. The van der Waals surface area contributed by atoms with E-state index in [0.29, 0.717) is 13.1 Å². The molecule has 2 fully saturated rings. The number of hydrogen-bond acceptors (Lipinski definition) is 5. The number of anilines is 1. The lowest BCUT2D eigenvalue weighted by molar-refractivity contribution is 0.270. The Hall–Kier alpha value is -2.07. The van der Waals surface area contributed by atoms with Crippen molar-refractivity contribution in [2.75, 3.05) is 51.3 Å². The van der Waals surface area contributed by atoms with E-state index in [1.165, 1.54) is 12.8 Å². The molecule has 2 N–H and O–H groups in total. The molecule has 2 aromatic rings. The molecule has 180 valence electrons. The van der Waals surface area contributed by atoms with Gasteiger partial charge in [-0.05, 0) is 43.0 Å². The van der Waals surface area contributed by atoms with Crippen LogP contribution in [-0.4, -0.2) is 62.2 Å². The van der Waals surface area contributed by atoms with Crippen LogP contribution in [0.3, 0.4) is 0 Å². The van der Waals surface area contributed by atoms with Crippen molar-refractivity contribution in [3.63, 3.8) is 0 Å². The van der Waals surface area contributed by atoms with Crippen molar-refractivity contribution < 1.29 is 4.74 Å². The molecule has 0 radical (unpaired) electrons. The Kier molecular flexibility index (Phi) is 10.1. The molecule has 2 heterocycles. The molecule has 0 atom stereocenters. The summed E-state index contributed by atoms with van der Waals surface area (Å²) in [5.74, 6) is 3.53. The average molecular weight is 565 g/mol. The van der Waals surface area contributed by atoms with Gasteiger partial charge in [-0.2, -0.15) is 0 Å².